The van der Waals surface area contributed by atoms with Crippen molar-refractivity contribution >= 4 is 38.9 Å². The molecule has 2 rings (SSSR count). The second-order valence-corrected chi connectivity index (χ2v) is 9.15. The van der Waals surface area contributed by atoms with Crippen LogP contribution in [0.1, 0.15) is 34.3 Å². The van der Waals surface area contributed by atoms with Crippen molar-refractivity contribution in [2.24, 2.45) is 0 Å². The highest BCUT2D eigenvalue weighted by Gasteiger charge is 2.27. The number of aliphatic hydroxyl groups excluding tert-OH is 1. The maximum Gasteiger partial charge on any atom is 0.337 e. The summed E-state index contributed by atoms with van der Waals surface area (Å²) in [5.41, 5.74) is 1.24. The molecule has 2 aromatic rings. The molecule has 10 heteroatoms. The number of nitrogens with one attached hydrogen (secondary N) is 1. The highest BCUT2D eigenvalue weighted by molar-refractivity contribution is 7.91. The zero-order chi connectivity index (χ0) is 19.5. The van der Waals surface area contributed by atoms with Crippen molar-refractivity contribution in [1.29, 1.82) is 0 Å². The van der Waals surface area contributed by atoms with Crippen molar-refractivity contribution < 1.29 is 28.2 Å². The zero-order valence-electron chi connectivity index (χ0n) is 14.0. The Morgan fingerprint density at radius 1 is 1.31 bits per heavy atom. The second kappa shape index (κ2) is 8.47. The summed E-state index contributed by atoms with van der Waals surface area (Å²) in [7, 11) is -2.63. The van der Waals surface area contributed by atoms with Gasteiger partial charge in [0.05, 0.1) is 17.0 Å². The topological polar surface area (TPSA) is 113 Å². The molecule has 1 aromatic carbocycles. The van der Waals surface area contributed by atoms with E-state index in [2.05, 4.69) is 9.46 Å². The molecule has 1 aromatic heterocycles. The lowest BCUT2D eigenvalue weighted by Gasteiger charge is -2.15. The summed E-state index contributed by atoms with van der Waals surface area (Å²) in [6, 6.07) is 7.70. The highest BCUT2D eigenvalue weighted by Crippen LogP contribution is 2.36. The molecule has 0 saturated heterocycles. The fourth-order valence-electron chi connectivity index (χ4n) is 2.17. The van der Waals surface area contributed by atoms with Crippen LogP contribution in [-0.2, 0) is 21.3 Å². The molecule has 0 bridgehead atoms. The van der Waals surface area contributed by atoms with Crippen LogP contribution in [0.5, 0.6) is 0 Å². The van der Waals surface area contributed by atoms with Gasteiger partial charge in [-0.3, -0.25) is 0 Å². The first-order valence-electron chi connectivity index (χ1n) is 7.48. The van der Waals surface area contributed by atoms with Crippen LogP contribution in [0, 0.1) is 0 Å². The van der Waals surface area contributed by atoms with Gasteiger partial charge < -0.3 is 14.9 Å². The fourth-order valence-corrected chi connectivity index (χ4v) is 5.31. The Bertz CT molecular complexity index is 877. The van der Waals surface area contributed by atoms with E-state index in [9.17, 15) is 23.4 Å². The quantitative estimate of drug-likeness (QED) is 0.467. The van der Waals surface area contributed by atoms with Gasteiger partial charge in [0.1, 0.15) is 4.21 Å². The van der Waals surface area contributed by atoms with E-state index in [0.29, 0.717) is 11.1 Å². The predicted octanol–water partition coefficient (Wildman–Crippen LogP) is 2.08. The summed E-state index contributed by atoms with van der Waals surface area (Å²) in [4.78, 5) is 11.4. The molecule has 0 radical (unpaired) electrons. The first-order chi connectivity index (χ1) is 12.2. The van der Waals surface area contributed by atoms with E-state index < -0.39 is 28.2 Å². The van der Waals surface area contributed by atoms with Crippen molar-refractivity contribution in [1.82, 2.24) is 4.72 Å². The average Bonchev–Trinajstić information content (AvgIpc) is 3.01. The Balaban J connectivity index is 2.18. The van der Waals surface area contributed by atoms with Crippen LogP contribution in [0.3, 0.4) is 0 Å². The first-order valence-corrected chi connectivity index (χ1v) is 10.2. The summed E-state index contributed by atoms with van der Waals surface area (Å²) in [5.74, 6) is -1.30. The summed E-state index contributed by atoms with van der Waals surface area (Å²) >= 11 is 6.76. The molecule has 1 heterocycles. The highest BCUT2D eigenvalue weighted by atomic mass is 35.5. The van der Waals surface area contributed by atoms with Crippen LogP contribution in [0.4, 0.5) is 0 Å². The van der Waals surface area contributed by atoms with Crippen molar-refractivity contribution in [2.75, 3.05) is 7.11 Å². The van der Waals surface area contributed by atoms with E-state index in [1.54, 1.807) is 12.1 Å². The molecule has 0 aliphatic heterocycles. The second-order valence-electron chi connectivity index (χ2n) is 5.51. The summed E-state index contributed by atoms with van der Waals surface area (Å²) in [5, 5.41) is 18.7. The van der Waals surface area contributed by atoms with Gasteiger partial charge in [-0.25, -0.2) is 17.9 Å². The third kappa shape index (κ3) is 4.81. The van der Waals surface area contributed by atoms with E-state index in [-0.39, 0.29) is 20.7 Å². The molecule has 3 N–H and O–H groups in total. The molecule has 0 aliphatic carbocycles. The van der Waals surface area contributed by atoms with Crippen molar-refractivity contribution in [3.8, 4) is 0 Å². The molecule has 0 fully saturated rings. The number of carbonyl (C=O) groups excluding carboxylic acids is 1. The standard InChI is InChI=1S/C16H18ClNO6S2/c1-9(14(19)20)12-7-13(17)25-16(12)26(22,23)18-8-10-3-5-11(6-4-10)15(21)24-2/h3-7,9,14,18-20H,8H2,1-2H3. The van der Waals surface area contributed by atoms with Crippen LogP contribution in [-0.4, -0.2) is 38.0 Å². The lowest BCUT2D eigenvalue weighted by atomic mass is 10.1. The average molecular weight is 420 g/mol. The Morgan fingerprint density at radius 3 is 2.46 bits per heavy atom. The molecule has 142 valence electrons. The van der Waals surface area contributed by atoms with Crippen molar-refractivity contribution in [3.05, 3.63) is 51.4 Å². The zero-order valence-corrected chi connectivity index (χ0v) is 16.4. The molecule has 1 unspecified atom stereocenters. The Labute approximate surface area is 160 Å². The van der Waals surface area contributed by atoms with Gasteiger partial charge in [0.15, 0.2) is 6.29 Å². The SMILES string of the molecule is COC(=O)c1ccc(CNS(=O)(=O)c2sc(Cl)cc2C(C)C(O)O)cc1. The van der Waals surface area contributed by atoms with Crippen LogP contribution < -0.4 is 4.72 Å². The number of methoxy groups -OCH3 is 1. The van der Waals surface area contributed by atoms with Gasteiger partial charge in [0.2, 0.25) is 0 Å². The number of hydrogen-bond acceptors (Lipinski definition) is 7. The Kier molecular flexibility index (Phi) is 6.78. The lowest BCUT2D eigenvalue weighted by Crippen LogP contribution is -2.25. The number of carbonyl (C=O) groups is 1. The normalized spacial score (nSPS) is 13.0. The number of thiophene rings is 1. The summed E-state index contributed by atoms with van der Waals surface area (Å²) in [6.07, 6.45) is -1.71. The maximum atomic E-state index is 12.6. The van der Waals surface area contributed by atoms with Gasteiger partial charge in [-0.2, -0.15) is 0 Å². The van der Waals surface area contributed by atoms with E-state index in [4.69, 9.17) is 11.6 Å². The predicted molar refractivity (Wildman–Crippen MR) is 97.8 cm³/mol. The molecule has 0 saturated carbocycles. The molecule has 1 atom stereocenters. The lowest BCUT2D eigenvalue weighted by molar-refractivity contribution is -0.0565. The number of esters is 1. The molecular weight excluding hydrogens is 402 g/mol. The number of aliphatic hydroxyl groups is 2. The summed E-state index contributed by atoms with van der Waals surface area (Å²) in [6.45, 7) is 1.49. The molecule has 0 spiro atoms. The largest absolute Gasteiger partial charge is 0.465 e. The minimum absolute atomic E-state index is 0.00515. The van der Waals surface area contributed by atoms with Gasteiger partial charge >= 0.3 is 5.97 Å². The van der Waals surface area contributed by atoms with Gasteiger partial charge in [-0.05, 0) is 29.3 Å². The number of hydrogen-bond donors (Lipinski definition) is 3. The number of benzene rings is 1. The maximum absolute atomic E-state index is 12.6. The van der Waals surface area contributed by atoms with E-state index in [0.717, 1.165) is 11.3 Å². The van der Waals surface area contributed by atoms with E-state index in [1.165, 1.54) is 32.2 Å². The van der Waals surface area contributed by atoms with Crippen molar-refractivity contribution in [3.63, 3.8) is 0 Å². The van der Waals surface area contributed by atoms with Crippen LogP contribution in [0.2, 0.25) is 4.34 Å². The van der Waals surface area contributed by atoms with E-state index >= 15 is 0 Å². The van der Waals surface area contributed by atoms with Crippen molar-refractivity contribution in [2.45, 2.75) is 29.9 Å². The van der Waals surface area contributed by atoms with Gasteiger partial charge in [-0.15, -0.1) is 11.3 Å². The minimum Gasteiger partial charge on any atom is -0.465 e. The van der Waals surface area contributed by atoms with Crippen LogP contribution in [0.25, 0.3) is 0 Å². The molecule has 26 heavy (non-hydrogen) atoms. The third-order valence-electron chi connectivity index (χ3n) is 3.72. The number of sulfonamides is 1. The van der Waals surface area contributed by atoms with Gasteiger partial charge in [-0.1, -0.05) is 30.7 Å². The van der Waals surface area contributed by atoms with E-state index in [1.807, 2.05) is 0 Å². The van der Waals surface area contributed by atoms with Crippen LogP contribution >= 0.6 is 22.9 Å². The fraction of sp³-hybridized carbons (Fsp3) is 0.312. The smallest absolute Gasteiger partial charge is 0.337 e. The van der Waals surface area contributed by atoms with Gasteiger partial charge in [0, 0.05) is 12.5 Å². The monoisotopic (exact) mass is 419 g/mol. The molecular formula is C16H18ClNO6S2. The summed E-state index contributed by atoms with van der Waals surface area (Å²) < 4.78 is 32.4. The molecule has 0 amide bonds. The Hall–Kier alpha value is -1.49. The molecule has 7 nitrogen and oxygen atoms in total. The number of rotatable bonds is 7. The number of halogens is 1. The first kappa shape index (κ1) is 20.8. The van der Waals surface area contributed by atoms with Gasteiger partial charge in [0.25, 0.3) is 10.0 Å². The van der Waals surface area contributed by atoms with Crippen LogP contribution in [0.15, 0.2) is 34.5 Å². The number of ether oxygens (including phenoxy) is 1. The Morgan fingerprint density at radius 2 is 1.92 bits per heavy atom. The molecule has 0 aliphatic rings. The minimum atomic E-state index is -3.91. The third-order valence-corrected chi connectivity index (χ3v) is 6.95.